The number of halogens is 2. The molecule has 0 aliphatic rings. The van der Waals surface area contributed by atoms with Gasteiger partial charge in [0, 0.05) is 5.56 Å². The van der Waals surface area contributed by atoms with Gasteiger partial charge in [0.05, 0.1) is 17.2 Å². The van der Waals surface area contributed by atoms with Crippen molar-refractivity contribution in [3.63, 3.8) is 0 Å². The van der Waals surface area contributed by atoms with Gasteiger partial charge in [-0.25, -0.2) is 4.39 Å². The molecule has 0 radical (unpaired) electrons. The van der Waals surface area contributed by atoms with Gasteiger partial charge in [-0.2, -0.15) is 0 Å². The number of nitrogens with zero attached hydrogens (tertiary/aromatic N) is 1. The lowest BCUT2D eigenvalue weighted by atomic mass is 9.97. The summed E-state index contributed by atoms with van der Waals surface area (Å²) >= 11 is 5.89. The monoisotopic (exact) mass is 319 g/mol. The molecule has 0 heterocycles. The zero-order valence-corrected chi connectivity index (χ0v) is 12.8. The molecule has 5 heteroatoms. The van der Waals surface area contributed by atoms with Crippen molar-refractivity contribution in [2.24, 2.45) is 5.16 Å². The van der Waals surface area contributed by atoms with Crippen LogP contribution in [-0.2, 0) is 16.2 Å². The Bertz CT molecular complexity index is 653. The Labute approximate surface area is 133 Å². The van der Waals surface area contributed by atoms with Crippen LogP contribution in [0.3, 0.4) is 0 Å². The molecule has 3 nitrogen and oxygen atoms in total. The summed E-state index contributed by atoms with van der Waals surface area (Å²) in [4.78, 5) is 16.8. The minimum Gasteiger partial charge on any atom is -0.391 e. The van der Waals surface area contributed by atoms with E-state index in [4.69, 9.17) is 16.4 Å². The van der Waals surface area contributed by atoms with Crippen LogP contribution in [0.2, 0.25) is 5.02 Å². The van der Waals surface area contributed by atoms with Gasteiger partial charge >= 0.3 is 0 Å². The number of oxime groups is 1. The van der Waals surface area contributed by atoms with Crippen molar-refractivity contribution >= 4 is 23.6 Å². The van der Waals surface area contributed by atoms with Crippen molar-refractivity contribution in [1.29, 1.82) is 0 Å². The summed E-state index contributed by atoms with van der Waals surface area (Å²) in [7, 11) is 0. The molecule has 0 aromatic heterocycles. The number of rotatable bonds is 6. The molecule has 1 atom stereocenters. The first kappa shape index (κ1) is 16.2. The van der Waals surface area contributed by atoms with Gasteiger partial charge < -0.3 is 4.84 Å². The second-order valence-electron chi connectivity index (χ2n) is 4.73. The molecule has 0 saturated heterocycles. The van der Waals surface area contributed by atoms with E-state index in [9.17, 15) is 9.18 Å². The Balaban J connectivity index is 2.03. The Hall–Kier alpha value is -2.20. The summed E-state index contributed by atoms with van der Waals surface area (Å²) in [5.74, 6) is -0.992. The number of hydrogen-bond donors (Lipinski definition) is 0. The fourth-order valence-corrected chi connectivity index (χ4v) is 2.18. The van der Waals surface area contributed by atoms with Crippen LogP contribution in [0.25, 0.3) is 0 Å². The highest BCUT2D eigenvalue weighted by Crippen LogP contribution is 2.20. The number of hydrogen-bond acceptors (Lipinski definition) is 3. The first-order valence-corrected chi connectivity index (χ1v) is 7.11. The molecule has 0 aliphatic heterocycles. The predicted octanol–water partition coefficient (Wildman–Crippen LogP) is 4.35. The number of carbonyl (C=O) groups is 1. The van der Waals surface area contributed by atoms with Gasteiger partial charge in [0.25, 0.3) is 0 Å². The van der Waals surface area contributed by atoms with E-state index in [2.05, 4.69) is 5.16 Å². The Morgan fingerprint density at radius 1 is 1.27 bits per heavy atom. The highest BCUT2D eigenvalue weighted by Gasteiger charge is 2.14. The van der Waals surface area contributed by atoms with Crippen molar-refractivity contribution < 1.29 is 14.0 Å². The summed E-state index contributed by atoms with van der Waals surface area (Å²) in [6, 6.07) is 13.6. The van der Waals surface area contributed by atoms with E-state index >= 15 is 0 Å². The SMILES string of the molecule is CC(=O)C(C=NOCc1c(F)cccc1Cl)c1ccccc1. The van der Waals surface area contributed by atoms with Crippen LogP contribution >= 0.6 is 11.6 Å². The Morgan fingerprint density at radius 3 is 2.64 bits per heavy atom. The quantitative estimate of drug-likeness (QED) is 0.586. The van der Waals surface area contributed by atoms with Gasteiger partial charge in [0.1, 0.15) is 18.2 Å². The lowest BCUT2D eigenvalue weighted by Gasteiger charge is -2.08. The molecule has 22 heavy (non-hydrogen) atoms. The van der Waals surface area contributed by atoms with Crippen LogP contribution in [-0.4, -0.2) is 12.0 Å². The van der Waals surface area contributed by atoms with E-state index < -0.39 is 11.7 Å². The zero-order chi connectivity index (χ0) is 15.9. The maximum absolute atomic E-state index is 13.6. The average molecular weight is 320 g/mol. The third-order valence-corrected chi connectivity index (χ3v) is 3.51. The molecule has 0 spiro atoms. The normalized spacial score (nSPS) is 12.3. The number of carbonyl (C=O) groups excluding carboxylic acids is 1. The molecule has 0 amide bonds. The topological polar surface area (TPSA) is 38.7 Å². The summed E-state index contributed by atoms with van der Waals surface area (Å²) in [6.45, 7) is 1.39. The Kier molecular flexibility index (Phi) is 5.67. The van der Waals surface area contributed by atoms with E-state index in [0.29, 0.717) is 0 Å². The zero-order valence-electron chi connectivity index (χ0n) is 12.0. The van der Waals surface area contributed by atoms with Gasteiger partial charge in [-0.3, -0.25) is 4.79 Å². The average Bonchev–Trinajstić information content (AvgIpc) is 2.50. The molecule has 2 aromatic rings. The van der Waals surface area contributed by atoms with E-state index in [1.165, 1.54) is 25.3 Å². The van der Waals surface area contributed by atoms with Crippen LogP contribution < -0.4 is 0 Å². The standard InChI is InChI=1S/C17H15ClFNO2/c1-12(21)14(13-6-3-2-4-7-13)10-20-22-11-15-16(18)8-5-9-17(15)19/h2-10,14H,11H2,1H3. The van der Waals surface area contributed by atoms with Crippen LogP contribution in [0, 0.1) is 5.82 Å². The van der Waals surface area contributed by atoms with Gasteiger partial charge in [-0.1, -0.05) is 53.2 Å². The summed E-state index contributed by atoms with van der Waals surface area (Å²) in [5.41, 5.74) is 1.06. The smallest absolute Gasteiger partial charge is 0.146 e. The molecule has 114 valence electrons. The second-order valence-corrected chi connectivity index (χ2v) is 5.13. The molecule has 2 rings (SSSR count). The van der Waals surface area contributed by atoms with E-state index in [0.717, 1.165) is 5.56 Å². The molecule has 0 bridgehead atoms. The lowest BCUT2D eigenvalue weighted by molar-refractivity contribution is -0.117. The minimum atomic E-state index is -0.489. The first-order valence-electron chi connectivity index (χ1n) is 6.73. The molecule has 0 fully saturated rings. The molecule has 0 N–H and O–H groups in total. The van der Waals surface area contributed by atoms with Crippen molar-refractivity contribution in [1.82, 2.24) is 0 Å². The maximum Gasteiger partial charge on any atom is 0.146 e. The fourth-order valence-electron chi connectivity index (χ4n) is 1.96. The number of benzene rings is 2. The van der Waals surface area contributed by atoms with Crippen LogP contribution in [0.5, 0.6) is 0 Å². The van der Waals surface area contributed by atoms with E-state index in [1.54, 1.807) is 6.07 Å². The highest BCUT2D eigenvalue weighted by molar-refractivity contribution is 6.31. The summed E-state index contributed by atoms with van der Waals surface area (Å²) in [6.07, 6.45) is 1.41. The Morgan fingerprint density at radius 2 is 2.00 bits per heavy atom. The van der Waals surface area contributed by atoms with Crippen molar-refractivity contribution in [3.05, 3.63) is 70.5 Å². The molecular weight excluding hydrogens is 305 g/mol. The van der Waals surface area contributed by atoms with Crippen molar-refractivity contribution in [3.8, 4) is 0 Å². The third-order valence-electron chi connectivity index (χ3n) is 3.15. The number of Topliss-reactive ketones (excluding diaryl/α,β-unsaturated/α-hetero) is 1. The molecule has 0 aliphatic carbocycles. The van der Waals surface area contributed by atoms with Crippen LogP contribution in [0.15, 0.2) is 53.7 Å². The molecule has 0 saturated carbocycles. The van der Waals surface area contributed by atoms with Crippen LogP contribution in [0.4, 0.5) is 4.39 Å². The fraction of sp³-hybridized carbons (Fsp3) is 0.176. The summed E-state index contributed by atoms with van der Waals surface area (Å²) in [5, 5.41) is 4.05. The highest BCUT2D eigenvalue weighted by atomic mass is 35.5. The molecule has 2 aromatic carbocycles. The van der Waals surface area contributed by atoms with Crippen molar-refractivity contribution in [2.75, 3.05) is 0 Å². The predicted molar refractivity (Wildman–Crippen MR) is 84.6 cm³/mol. The van der Waals surface area contributed by atoms with Crippen molar-refractivity contribution in [2.45, 2.75) is 19.4 Å². The first-order chi connectivity index (χ1) is 10.6. The van der Waals surface area contributed by atoms with Gasteiger partial charge in [-0.15, -0.1) is 0 Å². The number of ketones is 1. The minimum absolute atomic E-state index is 0.0533. The largest absolute Gasteiger partial charge is 0.391 e. The van der Waals surface area contributed by atoms with E-state index in [-0.39, 0.29) is 23.0 Å². The third kappa shape index (κ3) is 4.15. The van der Waals surface area contributed by atoms with Gasteiger partial charge in [0.15, 0.2) is 0 Å². The van der Waals surface area contributed by atoms with Gasteiger partial charge in [-0.05, 0) is 24.6 Å². The summed E-state index contributed by atoms with van der Waals surface area (Å²) < 4.78 is 13.6. The van der Waals surface area contributed by atoms with Gasteiger partial charge in [0.2, 0.25) is 0 Å². The van der Waals surface area contributed by atoms with Crippen LogP contribution in [0.1, 0.15) is 24.0 Å². The lowest BCUT2D eigenvalue weighted by Crippen LogP contribution is -2.10. The second kappa shape index (κ2) is 7.71. The van der Waals surface area contributed by atoms with E-state index in [1.807, 2.05) is 30.3 Å². The maximum atomic E-state index is 13.6. The molecule has 1 unspecified atom stereocenters. The molecular formula is C17H15ClFNO2.